The number of hydrogen-bond acceptors (Lipinski definition) is 6. The summed E-state index contributed by atoms with van der Waals surface area (Å²) in [7, 11) is 0. The van der Waals surface area contributed by atoms with Crippen LogP contribution in [0.15, 0.2) is 42.9 Å². The Kier molecular flexibility index (Phi) is 4.96. The van der Waals surface area contributed by atoms with Crippen LogP contribution in [0.25, 0.3) is 17.1 Å². The molecule has 2 aromatic carbocycles. The summed E-state index contributed by atoms with van der Waals surface area (Å²) in [6.07, 6.45) is 7.82. The average Bonchev–Trinajstić information content (AvgIpc) is 3.76. The summed E-state index contributed by atoms with van der Waals surface area (Å²) in [4.78, 5) is 17.8. The smallest absolute Gasteiger partial charge is 0.258 e. The van der Waals surface area contributed by atoms with Gasteiger partial charge in [-0.3, -0.25) is 4.79 Å². The maximum atomic E-state index is 15.0. The van der Waals surface area contributed by atoms with E-state index in [0.717, 1.165) is 36.9 Å². The van der Waals surface area contributed by atoms with Crippen LogP contribution in [0, 0.1) is 12.7 Å². The van der Waals surface area contributed by atoms with Gasteiger partial charge in [0.15, 0.2) is 11.6 Å². The van der Waals surface area contributed by atoms with Gasteiger partial charge < -0.3 is 14.6 Å². The topological polar surface area (TPSA) is 99.7 Å². The number of hydrogen-bond donors (Lipinski definition) is 1. The molecule has 0 saturated heterocycles. The van der Waals surface area contributed by atoms with Crippen LogP contribution < -0.4 is 10.1 Å². The van der Waals surface area contributed by atoms with Crippen LogP contribution in [0.3, 0.4) is 0 Å². The highest BCUT2D eigenvalue weighted by molar-refractivity contribution is 6.06. The van der Waals surface area contributed by atoms with Crippen LogP contribution in [0.5, 0.6) is 5.75 Å². The van der Waals surface area contributed by atoms with Gasteiger partial charge in [0, 0.05) is 12.1 Å². The van der Waals surface area contributed by atoms with Crippen molar-refractivity contribution in [1.82, 2.24) is 29.8 Å². The average molecular weight is 488 g/mol. The van der Waals surface area contributed by atoms with E-state index in [2.05, 4.69) is 25.8 Å². The molecule has 1 aliphatic heterocycles. The number of imidazole rings is 1. The molecule has 1 amide bonds. The standard InChI is InChI=1S/C25H22FN7O2.CH4/c1-14-9-18(26)17(10-21(14)32-11-20(27-13-32)15-5-6-15)24(34)28-19-4-2-3-16-22(19)35-12-25(7-8-25)33-23(16)29-30-31-33;/h2-4,9-11,13,15H,5-8,12H2,1H3,(H,28,34);1H4. The van der Waals surface area contributed by atoms with Crippen molar-refractivity contribution in [3.8, 4) is 22.8 Å². The van der Waals surface area contributed by atoms with Crippen molar-refractivity contribution in [2.24, 2.45) is 0 Å². The van der Waals surface area contributed by atoms with E-state index in [1.54, 1.807) is 24.5 Å². The molecule has 0 atom stereocenters. The van der Waals surface area contributed by atoms with Crippen molar-refractivity contribution in [3.63, 3.8) is 0 Å². The zero-order chi connectivity index (χ0) is 23.7. The molecule has 4 aromatic rings. The molecule has 2 saturated carbocycles. The molecule has 2 fully saturated rings. The van der Waals surface area contributed by atoms with Crippen LogP contribution in [0.4, 0.5) is 10.1 Å². The Morgan fingerprint density at radius 3 is 2.86 bits per heavy atom. The van der Waals surface area contributed by atoms with Crippen molar-refractivity contribution in [2.75, 3.05) is 11.9 Å². The number of carbonyl (C=O) groups is 1. The summed E-state index contributed by atoms with van der Waals surface area (Å²) in [6, 6.07) is 8.34. The van der Waals surface area contributed by atoms with E-state index in [9.17, 15) is 9.18 Å². The minimum absolute atomic E-state index is 0. The molecule has 2 aromatic heterocycles. The zero-order valence-electron chi connectivity index (χ0n) is 19.0. The van der Waals surface area contributed by atoms with Crippen molar-refractivity contribution in [3.05, 3.63) is 65.5 Å². The van der Waals surface area contributed by atoms with Gasteiger partial charge in [-0.15, -0.1) is 5.10 Å². The molecule has 3 heterocycles. The van der Waals surface area contributed by atoms with E-state index in [4.69, 9.17) is 4.74 Å². The Balaban J connectivity index is 0.00000240. The van der Waals surface area contributed by atoms with Crippen molar-refractivity contribution in [2.45, 2.75) is 51.5 Å². The number of tetrazole rings is 1. The number of rotatable bonds is 4. The number of fused-ring (bicyclic) bond motifs is 4. The number of nitrogens with zero attached hydrogens (tertiary/aromatic N) is 6. The number of benzene rings is 2. The quantitative estimate of drug-likeness (QED) is 0.451. The lowest BCUT2D eigenvalue weighted by Crippen LogP contribution is -2.25. The maximum absolute atomic E-state index is 15.0. The van der Waals surface area contributed by atoms with Gasteiger partial charge in [0.25, 0.3) is 5.91 Å². The number of para-hydroxylation sites is 1. The molecular formula is C26H26FN7O2. The van der Waals surface area contributed by atoms with E-state index < -0.39 is 11.7 Å². The highest BCUT2D eigenvalue weighted by Gasteiger charge is 2.50. The van der Waals surface area contributed by atoms with Gasteiger partial charge in [-0.25, -0.2) is 14.1 Å². The lowest BCUT2D eigenvalue weighted by molar-refractivity contribution is 0.102. The molecule has 3 aliphatic rings. The lowest BCUT2D eigenvalue weighted by Gasteiger charge is -2.16. The second-order valence-corrected chi connectivity index (χ2v) is 9.66. The Bertz CT molecular complexity index is 1500. The molecule has 10 heteroatoms. The molecule has 0 unspecified atom stereocenters. The summed E-state index contributed by atoms with van der Waals surface area (Å²) >= 11 is 0. The van der Waals surface area contributed by atoms with Crippen molar-refractivity contribution < 1.29 is 13.9 Å². The second-order valence-electron chi connectivity index (χ2n) is 9.66. The fourth-order valence-corrected chi connectivity index (χ4v) is 4.77. The van der Waals surface area contributed by atoms with Gasteiger partial charge >= 0.3 is 0 Å². The summed E-state index contributed by atoms with van der Waals surface area (Å²) < 4.78 is 24.8. The molecule has 1 N–H and O–H groups in total. The molecule has 2 aliphatic carbocycles. The van der Waals surface area contributed by atoms with Crippen molar-refractivity contribution >= 4 is 11.6 Å². The van der Waals surface area contributed by atoms with E-state index in [1.165, 1.54) is 6.07 Å². The summed E-state index contributed by atoms with van der Waals surface area (Å²) in [5, 5.41) is 15.1. The highest BCUT2D eigenvalue weighted by atomic mass is 19.1. The predicted molar refractivity (Wildman–Crippen MR) is 131 cm³/mol. The van der Waals surface area contributed by atoms with Crippen LogP contribution in [-0.2, 0) is 5.54 Å². The number of halogens is 1. The Morgan fingerprint density at radius 1 is 1.25 bits per heavy atom. The number of carbonyl (C=O) groups excluding carboxylic acids is 1. The van der Waals surface area contributed by atoms with E-state index >= 15 is 0 Å². The summed E-state index contributed by atoms with van der Waals surface area (Å²) in [5.74, 6) is 0.436. The highest BCUT2D eigenvalue weighted by Crippen LogP contribution is 2.49. The minimum atomic E-state index is -0.588. The molecule has 0 radical (unpaired) electrons. The molecule has 9 nitrogen and oxygen atoms in total. The molecule has 1 spiro atoms. The Morgan fingerprint density at radius 2 is 2.08 bits per heavy atom. The lowest BCUT2D eigenvalue weighted by atomic mass is 10.1. The van der Waals surface area contributed by atoms with Gasteiger partial charge in [-0.2, -0.15) is 0 Å². The summed E-state index contributed by atoms with van der Waals surface area (Å²) in [5.41, 5.74) is 3.29. The van der Waals surface area contributed by atoms with Gasteiger partial charge in [-0.05, 0) is 72.9 Å². The van der Waals surface area contributed by atoms with Crippen molar-refractivity contribution in [1.29, 1.82) is 0 Å². The first-order valence-electron chi connectivity index (χ1n) is 11.7. The number of nitrogens with one attached hydrogen (secondary N) is 1. The number of ether oxygens (including phenoxy) is 1. The third kappa shape index (κ3) is 3.47. The first-order valence-corrected chi connectivity index (χ1v) is 11.7. The number of anilines is 1. The fourth-order valence-electron chi connectivity index (χ4n) is 4.77. The van der Waals surface area contributed by atoms with Gasteiger partial charge in [0.2, 0.25) is 0 Å². The maximum Gasteiger partial charge on any atom is 0.258 e. The van der Waals surface area contributed by atoms with Crippen LogP contribution in [0.2, 0.25) is 0 Å². The monoisotopic (exact) mass is 487 g/mol. The molecule has 184 valence electrons. The molecule has 7 rings (SSSR count). The number of aromatic nitrogens is 6. The largest absolute Gasteiger partial charge is 0.488 e. The van der Waals surface area contributed by atoms with Gasteiger partial charge in [0.05, 0.1) is 34.5 Å². The number of aryl methyl sites for hydroxylation is 1. The van der Waals surface area contributed by atoms with E-state index in [1.807, 2.05) is 28.4 Å². The first kappa shape index (κ1) is 22.4. The predicted octanol–water partition coefficient (Wildman–Crippen LogP) is 4.62. The minimum Gasteiger partial charge on any atom is -0.488 e. The first-order chi connectivity index (χ1) is 17.0. The van der Waals surface area contributed by atoms with E-state index in [0.29, 0.717) is 41.0 Å². The third-order valence-electron chi connectivity index (χ3n) is 7.14. The zero-order valence-corrected chi connectivity index (χ0v) is 19.0. The third-order valence-corrected chi connectivity index (χ3v) is 7.14. The van der Waals surface area contributed by atoms with Crippen LogP contribution >= 0.6 is 0 Å². The number of amides is 1. The normalized spacial score (nSPS) is 16.8. The van der Waals surface area contributed by atoms with Gasteiger partial charge in [-0.1, -0.05) is 13.5 Å². The SMILES string of the molecule is C.Cc1cc(F)c(C(=O)Nc2cccc3c2OCC2(CC2)n2nnnc2-3)cc1-n1cnc(C2CC2)c1. The second kappa shape index (κ2) is 7.97. The van der Waals surface area contributed by atoms with E-state index in [-0.39, 0.29) is 18.5 Å². The molecule has 0 bridgehead atoms. The summed E-state index contributed by atoms with van der Waals surface area (Å²) in [6.45, 7) is 2.22. The van der Waals surface area contributed by atoms with Crippen LogP contribution in [-0.4, -0.2) is 42.3 Å². The van der Waals surface area contributed by atoms with Gasteiger partial charge in [0.1, 0.15) is 18.0 Å². The molecular weight excluding hydrogens is 461 g/mol. The van der Waals surface area contributed by atoms with Crippen LogP contribution in [0.1, 0.15) is 60.6 Å². The fraction of sp³-hybridized carbons (Fsp3) is 0.346. The Labute approximate surface area is 207 Å². The molecule has 36 heavy (non-hydrogen) atoms. The Hall–Kier alpha value is -4.08.